The van der Waals surface area contributed by atoms with E-state index >= 15 is 0 Å². The van der Waals surface area contributed by atoms with Gasteiger partial charge in [-0.05, 0) is 20.8 Å². The minimum atomic E-state index is -0.437. The first-order chi connectivity index (χ1) is 6.38. The third kappa shape index (κ3) is 5.72. The lowest BCUT2D eigenvalue weighted by Gasteiger charge is -2.35. The van der Waals surface area contributed by atoms with Crippen LogP contribution in [0.3, 0.4) is 0 Å². The van der Waals surface area contributed by atoms with Crippen molar-refractivity contribution in [2.45, 2.75) is 32.7 Å². The smallest absolute Gasteiger partial charge is 0.330 e. The summed E-state index contributed by atoms with van der Waals surface area (Å²) < 4.78 is 4.75. The molecule has 0 aliphatic carbocycles. The van der Waals surface area contributed by atoms with E-state index in [2.05, 4.69) is 6.58 Å². The molecule has 0 aliphatic rings. The van der Waals surface area contributed by atoms with Crippen LogP contribution in [0.2, 0.25) is 0 Å². The lowest BCUT2D eigenvalue weighted by atomic mass is 10.1. The first-order valence-electron chi connectivity index (χ1n) is 4.70. The zero-order chi connectivity index (χ0) is 11.2. The quantitative estimate of drug-likeness (QED) is 0.301. The number of hydroxylamine groups is 2. The van der Waals surface area contributed by atoms with Gasteiger partial charge in [0, 0.05) is 12.5 Å². The summed E-state index contributed by atoms with van der Waals surface area (Å²) in [5, 5.41) is 11.6. The van der Waals surface area contributed by atoms with Gasteiger partial charge in [0.25, 0.3) is 0 Å². The number of carbonyl (C=O) groups excluding carboxylic acids is 1. The molecule has 14 heavy (non-hydrogen) atoms. The molecule has 0 heterocycles. The summed E-state index contributed by atoms with van der Waals surface area (Å²) in [6.07, 6.45) is 1.70. The molecule has 0 aromatic heterocycles. The SMILES string of the molecule is C=CC(=O)OCCC[NH+]([O-])C(C)(C)C. The van der Waals surface area contributed by atoms with Crippen molar-refractivity contribution >= 4 is 5.97 Å². The largest absolute Gasteiger partial charge is 0.634 e. The topological polar surface area (TPSA) is 53.8 Å². The highest BCUT2D eigenvalue weighted by Gasteiger charge is 2.17. The molecule has 4 heteroatoms. The number of esters is 1. The third-order valence-corrected chi connectivity index (χ3v) is 1.80. The molecule has 0 rings (SSSR count). The fourth-order valence-corrected chi connectivity index (χ4v) is 0.839. The second-order valence-electron chi connectivity index (χ2n) is 4.15. The maximum Gasteiger partial charge on any atom is 0.330 e. The highest BCUT2D eigenvalue weighted by Crippen LogP contribution is 1.92. The van der Waals surface area contributed by atoms with Gasteiger partial charge in [-0.2, -0.15) is 0 Å². The Morgan fingerprint density at radius 3 is 2.57 bits per heavy atom. The van der Waals surface area contributed by atoms with Gasteiger partial charge in [-0.15, -0.1) is 0 Å². The van der Waals surface area contributed by atoms with E-state index < -0.39 is 5.97 Å². The Kier molecular flexibility index (Phi) is 5.42. The van der Waals surface area contributed by atoms with Crippen molar-refractivity contribution < 1.29 is 14.6 Å². The zero-order valence-corrected chi connectivity index (χ0v) is 9.13. The molecule has 0 aliphatic heterocycles. The summed E-state index contributed by atoms with van der Waals surface area (Å²) in [4.78, 5) is 10.6. The molecule has 82 valence electrons. The van der Waals surface area contributed by atoms with E-state index in [9.17, 15) is 10.0 Å². The van der Waals surface area contributed by atoms with Crippen molar-refractivity contribution in [2.75, 3.05) is 13.2 Å². The number of quaternary nitrogens is 1. The Morgan fingerprint density at radius 1 is 1.57 bits per heavy atom. The van der Waals surface area contributed by atoms with Gasteiger partial charge < -0.3 is 15.0 Å². The molecule has 4 nitrogen and oxygen atoms in total. The molecule has 0 spiro atoms. The fourth-order valence-electron chi connectivity index (χ4n) is 0.839. The second-order valence-corrected chi connectivity index (χ2v) is 4.15. The summed E-state index contributed by atoms with van der Waals surface area (Å²) in [6.45, 7) is 9.65. The Bertz CT molecular complexity index is 196. The molecule has 0 saturated heterocycles. The summed E-state index contributed by atoms with van der Waals surface area (Å²) in [6, 6.07) is 0. The van der Waals surface area contributed by atoms with E-state index in [0.717, 1.165) is 6.08 Å². The van der Waals surface area contributed by atoms with Crippen LogP contribution in [0.15, 0.2) is 12.7 Å². The highest BCUT2D eigenvalue weighted by molar-refractivity contribution is 5.81. The molecule has 1 unspecified atom stereocenters. The van der Waals surface area contributed by atoms with Crippen LogP contribution in [0.1, 0.15) is 27.2 Å². The molecule has 0 bridgehead atoms. The predicted molar refractivity (Wildman–Crippen MR) is 54.7 cm³/mol. The first kappa shape index (κ1) is 13.1. The molecule has 0 aromatic rings. The van der Waals surface area contributed by atoms with Gasteiger partial charge in [-0.3, -0.25) is 0 Å². The van der Waals surface area contributed by atoms with E-state index in [1.165, 1.54) is 0 Å². The molecule has 0 amide bonds. The van der Waals surface area contributed by atoms with Crippen molar-refractivity contribution in [1.82, 2.24) is 0 Å². The van der Waals surface area contributed by atoms with Crippen molar-refractivity contribution in [1.29, 1.82) is 0 Å². The number of carbonyl (C=O) groups is 1. The normalized spacial score (nSPS) is 13.4. The Morgan fingerprint density at radius 2 is 2.14 bits per heavy atom. The van der Waals surface area contributed by atoms with Gasteiger partial charge in [0.05, 0.1) is 18.7 Å². The lowest BCUT2D eigenvalue weighted by Crippen LogP contribution is -3.14. The van der Waals surface area contributed by atoms with Gasteiger partial charge in [0.1, 0.15) is 0 Å². The average Bonchev–Trinajstić information content (AvgIpc) is 2.09. The number of nitrogens with one attached hydrogen (secondary N) is 1. The van der Waals surface area contributed by atoms with Crippen LogP contribution in [0.5, 0.6) is 0 Å². The third-order valence-electron chi connectivity index (χ3n) is 1.80. The number of hydrogen-bond donors (Lipinski definition) is 1. The molecule has 0 saturated carbocycles. The maximum absolute atomic E-state index is 11.4. The van der Waals surface area contributed by atoms with Crippen molar-refractivity contribution in [3.8, 4) is 0 Å². The van der Waals surface area contributed by atoms with Crippen LogP contribution in [0.4, 0.5) is 0 Å². The number of rotatable bonds is 5. The molecular weight excluding hydrogens is 182 g/mol. The molecule has 1 atom stereocenters. The van der Waals surface area contributed by atoms with Crippen LogP contribution in [-0.4, -0.2) is 24.7 Å². The van der Waals surface area contributed by atoms with Crippen molar-refractivity contribution in [2.24, 2.45) is 0 Å². The predicted octanol–water partition coefficient (Wildman–Crippen LogP) is 0.287. The Labute approximate surface area is 85.1 Å². The van der Waals surface area contributed by atoms with E-state index in [1.807, 2.05) is 20.8 Å². The molecule has 0 radical (unpaired) electrons. The first-order valence-corrected chi connectivity index (χ1v) is 4.70. The second kappa shape index (κ2) is 5.78. The molecule has 0 fully saturated rings. The minimum absolute atomic E-state index is 0.187. The molecular formula is C10H19NO3. The van der Waals surface area contributed by atoms with E-state index in [4.69, 9.17) is 4.74 Å². The fraction of sp³-hybridized carbons (Fsp3) is 0.700. The van der Waals surface area contributed by atoms with E-state index in [1.54, 1.807) is 0 Å². The maximum atomic E-state index is 11.4. The number of hydrogen-bond acceptors (Lipinski definition) is 3. The van der Waals surface area contributed by atoms with Crippen LogP contribution >= 0.6 is 0 Å². The van der Waals surface area contributed by atoms with Gasteiger partial charge >= 0.3 is 5.97 Å². The van der Waals surface area contributed by atoms with Crippen molar-refractivity contribution in [3.63, 3.8) is 0 Å². The monoisotopic (exact) mass is 201 g/mol. The van der Waals surface area contributed by atoms with Crippen LogP contribution in [0.25, 0.3) is 0 Å². The van der Waals surface area contributed by atoms with Gasteiger partial charge in [0.15, 0.2) is 0 Å². The Balaban J connectivity index is 3.55. The lowest BCUT2D eigenvalue weighted by molar-refractivity contribution is -0.898. The van der Waals surface area contributed by atoms with Gasteiger partial charge in [-0.25, -0.2) is 4.79 Å². The van der Waals surface area contributed by atoms with Crippen molar-refractivity contribution in [3.05, 3.63) is 17.9 Å². The highest BCUT2D eigenvalue weighted by atomic mass is 16.5. The van der Waals surface area contributed by atoms with Gasteiger partial charge in [0.2, 0.25) is 0 Å². The zero-order valence-electron chi connectivity index (χ0n) is 9.13. The number of ether oxygens (including phenoxy) is 1. The van der Waals surface area contributed by atoms with E-state index in [0.29, 0.717) is 13.0 Å². The average molecular weight is 201 g/mol. The minimum Gasteiger partial charge on any atom is -0.634 e. The molecule has 1 N–H and O–H groups in total. The Hall–Kier alpha value is -0.870. The standard InChI is InChI=1S/C10H19NO3/c1-5-9(12)14-8-6-7-11(13)10(2,3)4/h5,11H,1,6-8H2,2-4H3. The van der Waals surface area contributed by atoms with E-state index in [-0.39, 0.29) is 17.2 Å². The summed E-state index contributed by atoms with van der Waals surface area (Å²) >= 11 is 0. The van der Waals surface area contributed by atoms with Crippen LogP contribution < -0.4 is 5.06 Å². The van der Waals surface area contributed by atoms with Crippen LogP contribution in [-0.2, 0) is 9.53 Å². The van der Waals surface area contributed by atoms with Crippen LogP contribution in [0, 0.1) is 5.21 Å². The molecule has 0 aromatic carbocycles. The summed E-state index contributed by atoms with van der Waals surface area (Å²) in [5.41, 5.74) is -0.303. The van der Waals surface area contributed by atoms with Gasteiger partial charge in [-0.1, -0.05) is 6.58 Å². The summed E-state index contributed by atoms with van der Waals surface area (Å²) in [7, 11) is 0. The summed E-state index contributed by atoms with van der Waals surface area (Å²) in [5.74, 6) is -0.437.